The van der Waals surface area contributed by atoms with Crippen molar-refractivity contribution in [1.82, 2.24) is 0 Å². The number of benzene rings is 2. The van der Waals surface area contributed by atoms with Gasteiger partial charge in [0.15, 0.2) is 0 Å². The van der Waals surface area contributed by atoms with Crippen molar-refractivity contribution in [3.63, 3.8) is 0 Å². The first kappa shape index (κ1) is 20.4. The van der Waals surface area contributed by atoms with E-state index in [2.05, 4.69) is 89.1 Å². The third kappa shape index (κ3) is 5.31. The summed E-state index contributed by atoms with van der Waals surface area (Å²) in [5, 5.41) is 5.32. The summed E-state index contributed by atoms with van der Waals surface area (Å²) in [5.74, 6) is 0. The van der Waals surface area contributed by atoms with Crippen molar-refractivity contribution in [3.8, 4) is 0 Å². The van der Waals surface area contributed by atoms with Gasteiger partial charge in [-0.1, -0.05) is 12.1 Å². The van der Waals surface area contributed by atoms with Crippen LogP contribution in [0, 0.1) is 14.9 Å². The van der Waals surface area contributed by atoms with Crippen molar-refractivity contribution in [1.29, 1.82) is 0 Å². The summed E-state index contributed by atoms with van der Waals surface area (Å²) >= 11 is 1.30. The fourth-order valence-electron chi connectivity index (χ4n) is 2.14. The van der Waals surface area contributed by atoms with Gasteiger partial charge in [0, 0.05) is 0 Å². The molecule has 0 aliphatic rings. The maximum Gasteiger partial charge on any atom is -0.0809 e. The second-order valence-electron chi connectivity index (χ2n) is 4.31. The molecule has 0 aliphatic carbocycles. The molecule has 0 atom stereocenters. The average Bonchev–Trinajstić information content (AvgIpc) is 3.18. The van der Waals surface area contributed by atoms with E-state index in [9.17, 15) is 0 Å². The van der Waals surface area contributed by atoms with Crippen LogP contribution in [0.15, 0.2) is 84.9 Å². The maximum absolute atomic E-state index is 3.34. The molecule has 1 heteroatoms. The van der Waals surface area contributed by atoms with E-state index in [0.29, 0.717) is 0 Å². The molecule has 0 aromatic heterocycles. The van der Waals surface area contributed by atoms with E-state index in [1.165, 1.54) is 45.8 Å². The van der Waals surface area contributed by atoms with Crippen molar-refractivity contribution in [2.24, 2.45) is 0 Å². The first-order valence-electron chi connectivity index (χ1n) is 6.50. The van der Waals surface area contributed by atoms with E-state index in [1.807, 2.05) is 0 Å². The van der Waals surface area contributed by atoms with Crippen LogP contribution in [0.2, 0.25) is 0 Å². The molecule has 0 saturated heterocycles. The Labute approximate surface area is 149 Å². The van der Waals surface area contributed by atoms with Crippen LogP contribution in [0.3, 0.4) is 0 Å². The van der Waals surface area contributed by atoms with Crippen LogP contribution in [-0.2, 0) is 24.2 Å². The van der Waals surface area contributed by atoms with E-state index in [0.717, 1.165) is 0 Å². The first-order valence-corrected chi connectivity index (χ1v) is 8.23. The van der Waals surface area contributed by atoms with E-state index < -0.39 is 0 Å². The van der Waals surface area contributed by atoms with Gasteiger partial charge in [-0.15, -0.1) is 59.3 Å². The number of fused-ring (bicyclic) bond motifs is 2. The van der Waals surface area contributed by atoms with Gasteiger partial charge in [-0.3, -0.25) is 0 Å². The van der Waals surface area contributed by atoms with Crippen LogP contribution in [0.4, 0.5) is 0 Å². The zero-order chi connectivity index (χ0) is 14.2. The molecule has 0 fully saturated rings. The third-order valence-electron chi connectivity index (χ3n) is 3.10. The molecule has 0 bridgehead atoms. The first-order chi connectivity index (χ1) is 9.93. The van der Waals surface area contributed by atoms with Gasteiger partial charge in [0.05, 0.1) is 0 Å². The van der Waals surface area contributed by atoms with Crippen LogP contribution in [-0.4, -0.2) is 4.21 Å². The molecule has 4 aromatic carbocycles. The van der Waals surface area contributed by atoms with Gasteiger partial charge < -0.3 is 14.9 Å². The van der Waals surface area contributed by atoms with Crippen LogP contribution < -0.4 is 0 Å². The van der Waals surface area contributed by atoms with Crippen LogP contribution in [0.5, 0.6) is 0 Å². The Balaban J connectivity index is 0.000000334. The van der Waals surface area contributed by atoms with Crippen molar-refractivity contribution in [2.75, 3.05) is 0 Å². The Bertz CT molecular complexity index is 635. The Morgan fingerprint density at radius 3 is 1.32 bits per heavy atom. The molecule has 0 saturated carbocycles. The predicted octanol–water partition coefficient (Wildman–Crippen LogP) is 5.98. The van der Waals surface area contributed by atoms with Crippen LogP contribution in [0.1, 0.15) is 0 Å². The van der Waals surface area contributed by atoms with E-state index >= 15 is 0 Å². The van der Waals surface area contributed by atoms with E-state index in [-0.39, 0.29) is 14.9 Å². The second-order valence-corrected chi connectivity index (χ2v) is 4.31. The average molecular weight is 366 g/mol. The zero-order valence-electron chi connectivity index (χ0n) is 13.3. The number of hydrogen-bond donors (Lipinski definition) is 0. The van der Waals surface area contributed by atoms with Crippen LogP contribution in [0.25, 0.3) is 21.5 Å². The minimum absolute atomic E-state index is 0. The van der Waals surface area contributed by atoms with Crippen molar-refractivity contribution in [2.45, 2.75) is 0 Å². The molecule has 4 rings (SSSR count). The molecule has 22 heavy (non-hydrogen) atoms. The minimum Gasteiger partial charge on any atom is -0.358 e. The summed E-state index contributed by atoms with van der Waals surface area (Å²) in [6, 6.07) is 29.3. The summed E-state index contributed by atoms with van der Waals surface area (Å²) in [4.78, 5) is 0. The molecule has 0 aliphatic heterocycles. The quantitative estimate of drug-likeness (QED) is 0.336. The second kappa shape index (κ2) is 11.0. The molecule has 114 valence electrons. The SMILES string of the molecule is [CH2]=[Zr].[CH3-].[CH3-].c1ccc2[cH-]ccc2c1.c1ccc2[cH-]ccc2c1. The summed E-state index contributed by atoms with van der Waals surface area (Å²) in [6.07, 6.45) is 0. The summed E-state index contributed by atoms with van der Waals surface area (Å²) in [7, 11) is 0. The van der Waals surface area contributed by atoms with Crippen LogP contribution >= 0.6 is 0 Å². The topological polar surface area (TPSA) is 0 Å². The van der Waals surface area contributed by atoms with Gasteiger partial charge in [0.1, 0.15) is 0 Å². The smallest absolute Gasteiger partial charge is 0.0809 e. The number of hydrogen-bond acceptors (Lipinski definition) is 0. The normalized spacial score (nSPS) is 8.50. The molecular weight excluding hydrogens is 343 g/mol. The largest absolute Gasteiger partial charge is 0.358 e. The Kier molecular flexibility index (Phi) is 10.2. The Hall–Kier alpha value is -1.59. The molecule has 0 radical (unpaired) electrons. The van der Waals surface area contributed by atoms with Gasteiger partial charge in [0.25, 0.3) is 0 Å². The monoisotopic (exact) mass is 364 g/mol. The van der Waals surface area contributed by atoms with Gasteiger partial charge in [-0.2, -0.15) is 35.0 Å². The van der Waals surface area contributed by atoms with Crippen molar-refractivity contribution >= 4 is 25.8 Å². The third-order valence-corrected chi connectivity index (χ3v) is 3.10. The Morgan fingerprint density at radius 1 is 0.591 bits per heavy atom. The molecule has 0 amide bonds. The standard InChI is InChI=1S/2C9H7.2CH3.CH2.Zr/c2*1-2-5-9-7-3-6-8(9)4-1;;;;/h2*1-7H;2*1H3;1H2;/q4*-1;;. The fraction of sp³-hybridized carbons (Fsp3) is 0. The van der Waals surface area contributed by atoms with Crippen molar-refractivity contribution < 1.29 is 24.2 Å². The van der Waals surface area contributed by atoms with Gasteiger partial charge in [-0.25, -0.2) is 0 Å². The molecule has 0 nitrogen and oxygen atoms in total. The summed E-state index contributed by atoms with van der Waals surface area (Å²) in [5.41, 5.74) is 0. The molecule has 0 N–H and O–H groups in total. The summed E-state index contributed by atoms with van der Waals surface area (Å²) in [6.45, 7) is 0. The van der Waals surface area contributed by atoms with Gasteiger partial charge in [0.2, 0.25) is 0 Å². The Morgan fingerprint density at radius 2 is 0.955 bits per heavy atom. The molecule has 0 spiro atoms. The van der Waals surface area contributed by atoms with E-state index in [4.69, 9.17) is 0 Å². The predicted molar refractivity (Wildman–Crippen MR) is 99.0 cm³/mol. The zero-order valence-corrected chi connectivity index (χ0v) is 15.7. The maximum atomic E-state index is 3.34. The fourth-order valence-corrected chi connectivity index (χ4v) is 2.14. The molecule has 4 aromatic rings. The minimum atomic E-state index is 0. The van der Waals surface area contributed by atoms with Gasteiger partial charge >= 0.3 is 28.4 Å². The van der Waals surface area contributed by atoms with Crippen molar-refractivity contribution in [3.05, 3.63) is 99.8 Å². The summed E-state index contributed by atoms with van der Waals surface area (Å²) < 4.78 is 3.34. The number of rotatable bonds is 0. The van der Waals surface area contributed by atoms with Gasteiger partial charge in [-0.05, 0) is 0 Å². The molecule has 0 heterocycles. The molecular formula is C21H22Zr-4. The molecule has 0 unspecified atom stereocenters. The van der Waals surface area contributed by atoms with E-state index in [1.54, 1.807) is 0 Å².